The predicted octanol–water partition coefficient (Wildman–Crippen LogP) is 2.57. The zero-order chi connectivity index (χ0) is 17.7. The van der Waals surface area contributed by atoms with Gasteiger partial charge in [0.05, 0.1) is 19.6 Å². The smallest absolute Gasteiger partial charge is 0.308 e. The zero-order valence-electron chi connectivity index (χ0n) is 15.3. The molecule has 0 bridgehead atoms. The summed E-state index contributed by atoms with van der Waals surface area (Å²) >= 11 is 0. The topological polar surface area (TPSA) is 53.9 Å². The molecule has 136 valence electrons. The average molecular weight is 343 g/mol. The molecule has 25 heavy (non-hydrogen) atoms. The third-order valence-electron chi connectivity index (χ3n) is 5.44. The highest BCUT2D eigenvalue weighted by atomic mass is 16.5. The number of benzene rings is 1. The van der Waals surface area contributed by atoms with E-state index in [9.17, 15) is 4.79 Å². The number of methoxy groups -OCH3 is 1. The first-order valence-corrected chi connectivity index (χ1v) is 9.35. The summed E-state index contributed by atoms with van der Waals surface area (Å²) in [6.07, 6.45) is 4.09. The van der Waals surface area contributed by atoms with Crippen molar-refractivity contribution in [3.05, 3.63) is 35.9 Å². The van der Waals surface area contributed by atoms with Gasteiger partial charge in [0.2, 0.25) is 0 Å². The minimum absolute atomic E-state index is 0.0308. The second kappa shape index (κ2) is 7.89. The van der Waals surface area contributed by atoms with Gasteiger partial charge in [-0.3, -0.25) is 9.79 Å². The molecule has 1 saturated heterocycles. The maximum atomic E-state index is 11.7. The van der Waals surface area contributed by atoms with Crippen LogP contribution in [0.2, 0.25) is 0 Å². The van der Waals surface area contributed by atoms with Gasteiger partial charge in [0.1, 0.15) is 0 Å². The van der Waals surface area contributed by atoms with Crippen LogP contribution in [0.5, 0.6) is 0 Å². The molecule has 3 rings (SSSR count). The van der Waals surface area contributed by atoms with E-state index >= 15 is 0 Å². The second-order valence-electron chi connectivity index (χ2n) is 7.10. The first kappa shape index (κ1) is 17.8. The number of nitrogens with one attached hydrogen (secondary N) is 1. The van der Waals surface area contributed by atoms with E-state index in [1.54, 1.807) is 0 Å². The lowest BCUT2D eigenvalue weighted by atomic mass is 9.96. The number of nitrogens with zero attached hydrogens (tertiary/aromatic N) is 2. The first-order valence-electron chi connectivity index (χ1n) is 9.35. The van der Waals surface area contributed by atoms with Crippen LogP contribution in [0.4, 0.5) is 0 Å². The summed E-state index contributed by atoms with van der Waals surface area (Å²) in [5.74, 6) is 0.929. The van der Waals surface area contributed by atoms with Crippen LogP contribution in [-0.2, 0) is 14.9 Å². The van der Waals surface area contributed by atoms with Gasteiger partial charge in [-0.05, 0) is 38.2 Å². The number of ether oxygens (including phenoxy) is 1. The number of guanidine groups is 1. The summed E-state index contributed by atoms with van der Waals surface area (Å²) in [6.45, 7) is 5.49. The van der Waals surface area contributed by atoms with Crippen LogP contribution in [0, 0.1) is 5.92 Å². The Kier molecular flexibility index (Phi) is 5.61. The lowest BCUT2D eigenvalue weighted by Crippen LogP contribution is -2.47. The summed E-state index contributed by atoms with van der Waals surface area (Å²) < 4.78 is 4.88. The molecule has 1 aliphatic carbocycles. The Morgan fingerprint density at radius 3 is 2.52 bits per heavy atom. The van der Waals surface area contributed by atoms with Gasteiger partial charge in [-0.1, -0.05) is 30.3 Å². The average Bonchev–Trinajstić information content (AvgIpc) is 3.46. The van der Waals surface area contributed by atoms with Crippen molar-refractivity contribution in [3.63, 3.8) is 0 Å². The highest BCUT2D eigenvalue weighted by Crippen LogP contribution is 2.48. The van der Waals surface area contributed by atoms with Crippen molar-refractivity contribution in [2.45, 2.75) is 38.0 Å². The largest absolute Gasteiger partial charge is 0.469 e. The van der Waals surface area contributed by atoms with Gasteiger partial charge < -0.3 is 15.0 Å². The number of hydrogen-bond donors (Lipinski definition) is 1. The molecule has 0 unspecified atom stereocenters. The maximum absolute atomic E-state index is 11.7. The Hall–Kier alpha value is -2.04. The lowest BCUT2D eigenvalue weighted by Gasteiger charge is -2.33. The number of rotatable bonds is 5. The molecule has 0 aromatic heterocycles. The molecular formula is C20H29N3O2. The Morgan fingerprint density at radius 2 is 1.96 bits per heavy atom. The summed E-state index contributed by atoms with van der Waals surface area (Å²) in [4.78, 5) is 18.9. The van der Waals surface area contributed by atoms with Crippen LogP contribution in [0.15, 0.2) is 35.3 Å². The fourth-order valence-electron chi connectivity index (χ4n) is 3.63. The molecule has 2 fully saturated rings. The molecule has 1 aromatic carbocycles. The summed E-state index contributed by atoms with van der Waals surface area (Å²) in [5, 5.41) is 3.42. The second-order valence-corrected chi connectivity index (χ2v) is 7.10. The zero-order valence-corrected chi connectivity index (χ0v) is 15.3. The number of carbonyl (C=O) groups excluding carboxylic acids is 1. The Balaban J connectivity index is 1.64. The van der Waals surface area contributed by atoms with Gasteiger partial charge >= 0.3 is 5.97 Å². The number of piperidine rings is 1. The van der Waals surface area contributed by atoms with Crippen molar-refractivity contribution in [1.82, 2.24) is 10.2 Å². The molecule has 1 heterocycles. The molecule has 1 N–H and O–H groups in total. The van der Waals surface area contributed by atoms with E-state index in [1.165, 1.54) is 25.5 Å². The minimum atomic E-state index is -0.0809. The van der Waals surface area contributed by atoms with Gasteiger partial charge in [-0.25, -0.2) is 0 Å². The molecule has 5 heteroatoms. The fraction of sp³-hybridized carbons (Fsp3) is 0.600. The van der Waals surface area contributed by atoms with Gasteiger partial charge in [-0.2, -0.15) is 0 Å². The number of aliphatic imine (C=N–C) groups is 1. The molecule has 0 amide bonds. The quantitative estimate of drug-likeness (QED) is 0.507. The van der Waals surface area contributed by atoms with Crippen molar-refractivity contribution < 1.29 is 9.53 Å². The Morgan fingerprint density at radius 1 is 1.28 bits per heavy atom. The molecule has 0 atom stereocenters. The van der Waals surface area contributed by atoms with Gasteiger partial charge in [0.15, 0.2) is 5.96 Å². The van der Waals surface area contributed by atoms with E-state index in [0.717, 1.165) is 45.0 Å². The van der Waals surface area contributed by atoms with Crippen molar-refractivity contribution >= 4 is 11.9 Å². The normalized spacial score (nSPS) is 20.2. The van der Waals surface area contributed by atoms with E-state index in [0.29, 0.717) is 0 Å². The van der Waals surface area contributed by atoms with Crippen LogP contribution in [-0.4, -0.2) is 50.1 Å². The van der Waals surface area contributed by atoms with Gasteiger partial charge in [0, 0.05) is 25.0 Å². The Bertz CT molecular complexity index is 603. The highest BCUT2D eigenvalue weighted by molar-refractivity contribution is 5.80. The first-order chi connectivity index (χ1) is 12.2. The van der Waals surface area contributed by atoms with Crippen LogP contribution in [0.25, 0.3) is 0 Å². The number of esters is 1. The predicted molar refractivity (Wildman–Crippen MR) is 99.6 cm³/mol. The van der Waals surface area contributed by atoms with E-state index < -0.39 is 0 Å². The molecular weight excluding hydrogens is 314 g/mol. The standard InChI is InChI=1S/C20H29N3O2/c1-3-21-19(23-13-9-16(10-14-23)18(24)25-2)22-15-20(11-12-20)17-7-5-4-6-8-17/h4-8,16H,3,9-15H2,1-2H3,(H,21,22). The minimum Gasteiger partial charge on any atom is -0.469 e. The number of carbonyl (C=O) groups is 1. The van der Waals surface area contributed by atoms with Gasteiger partial charge in [0.25, 0.3) is 0 Å². The van der Waals surface area contributed by atoms with E-state index in [2.05, 4.69) is 47.5 Å². The summed E-state index contributed by atoms with van der Waals surface area (Å²) in [7, 11) is 1.47. The third kappa shape index (κ3) is 4.14. The molecule has 5 nitrogen and oxygen atoms in total. The van der Waals surface area contributed by atoms with Crippen LogP contribution >= 0.6 is 0 Å². The summed E-state index contributed by atoms with van der Waals surface area (Å²) in [6, 6.07) is 10.7. The third-order valence-corrected chi connectivity index (χ3v) is 5.44. The fourth-order valence-corrected chi connectivity index (χ4v) is 3.63. The van der Waals surface area contributed by atoms with Crippen LogP contribution in [0.1, 0.15) is 38.2 Å². The van der Waals surface area contributed by atoms with E-state index in [-0.39, 0.29) is 17.3 Å². The molecule has 0 radical (unpaired) electrons. The molecule has 1 aromatic rings. The molecule has 0 spiro atoms. The highest BCUT2D eigenvalue weighted by Gasteiger charge is 2.44. The van der Waals surface area contributed by atoms with Crippen molar-refractivity contribution in [2.24, 2.45) is 10.9 Å². The molecule has 1 saturated carbocycles. The number of hydrogen-bond acceptors (Lipinski definition) is 3. The molecule has 1 aliphatic heterocycles. The van der Waals surface area contributed by atoms with Crippen molar-refractivity contribution in [3.8, 4) is 0 Å². The summed E-state index contributed by atoms with van der Waals surface area (Å²) in [5.41, 5.74) is 1.63. The van der Waals surface area contributed by atoms with Crippen LogP contribution < -0.4 is 5.32 Å². The Labute approximate surface area is 150 Å². The lowest BCUT2D eigenvalue weighted by molar-refractivity contribution is -0.146. The monoisotopic (exact) mass is 343 g/mol. The SMILES string of the molecule is CCNC(=NCC1(c2ccccc2)CC1)N1CCC(C(=O)OC)CC1. The van der Waals surface area contributed by atoms with Crippen LogP contribution in [0.3, 0.4) is 0 Å². The van der Waals surface area contributed by atoms with E-state index in [1.807, 2.05) is 0 Å². The van der Waals surface area contributed by atoms with Crippen molar-refractivity contribution in [1.29, 1.82) is 0 Å². The maximum Gasteiger partial charge on any atom is 0.308 e. The van der Waals surface area contributed by atoms with E-state index in [4.69, 9.17) is 9.73 Å². The molecule has 2 aliphatic rings. The number of likely N-dealkylation sites (tertiary alicyclic amines) is 1. The van der Waals surface area contributed by atoms with Gasteiger partial charge in [-0.15, -0.1) is 0 Å². The van der Waals surface area contributed by atoms with Crippen molar-refractivity contribution in [2.75, 3.05) is 33.3 Å².